The van der Waals surface area contributed by atoms with Gasteiger partial charge in [0.1, 0.15) is 4.90 Å². The summed E-state index contributed by atoms with van der Waals surface area (Å²) in [6.07, 6.45) is 1.50. The van der Waals surface area contributed by atoms with Gasteiger partial charge in [0.05, 0.1) is 0 Å². The highest BCUT2D eigenvalue weighted by Crippen LogP contribution is 2.08. The van der Waals surface area contributed by atoms with Crippen molar-refractivity contribution in [2.24, 2.45) is 14.1 Å². The quantitative estimate of drug-likeness (QED) is 0.490. The van der Waals surface area contributed by atoms with Crippen LogP contribution in [0, 0.1) is 11.2 Å². The Hall–Kier alpha value is -1.41. The van der Waals surface area contributed by atoms with Gasteiger partial charge >= 0.3 is 5.69 Å². The minimum absolute atomic E-state index is 0.305. The average molecular weight is 210 g/mol. The van der Waals surface area contributed by atoms with Crippen molar-refractivity contribution in [1.29, 1.82) is 0 Å². The minimum Gasteiger partial charge on any atom is -0.302 e. The molecule has 0 atom stereocenters. The molecule has 1 aromatic rings. The molecule has 0 aliphatic rings. The van der Waals surface area contributed by atoms with Crippen LogP contribution in [0.1, 0.15) is 6.92 Å². The second-order valence-electron chi connectivity index (χ2n) is 2.71. The highest BCUT2D eigenvalue weighted by Gasteiger charge is 2.05. The maximum Gasteiger partial charge on any atom is 0.330 e. The van der Waals surface area contributed by atoms with Crippen LogP contribution in [0.25, 0.3) is 0 Å². The molecule has 1 aromatic heterocycles. The molecule has 0 N–H and O–H groups in total. The first-order valence-electron chi connectivity index (χ1n) is 3.93. The third-order valence-electron chi connectivity index (χ3n) is 1.68. The van der Waals surface area contributed by atoms with E-state index in [1.165, 1.54) is 17.8 Å². The van der Waals surface area contributed by atoms with Crippen LogP contribution in [0.3, 0.4) is 0 Å². The summed E-state index contributed by atoms with van der Waals surface area (Å²) in [5, 5.41) is 2.72. The van der Waals surface area contributed by atoms with Gasteiger partial charge in [-0.1, -0.05) is 5.92 Å². The van der Waals surface area contributed by atoms with Crippen molar-refractivity contribution in [3.8, 4) is 11.2 Å². The van der Waals surface area contributed by atoms with Crippen LogP contribution in [0.2, 0.25) is 0 Å². The summed E-state index contributed by atoms with van der Waals surface area (Å²) in [6.45, 7) is 1.69. The van der Waals surface area contributed by atoms with Crippen LogP contribution in [0.4, 0.5) is 0 Å². The summed E-state index contributed by atoms with van der Waals surface area (Å²) in [7, 11) is 3.05. The summed E-state index contributed by atoms with van der Waals surface area (Å²) >= 11 is 1.13. The maximum atomic E-state index is 11.5. The van der Waals surface area contributed by atoms with Gasteiger partial charge in [-0.05, 0) is 23.9 Å². The number of aromatic nitrogens is 2. The van der Waals surface area contributed by atoms with Gasteiger partial charge in [-0.15, -0.1) is 0 Å². The van der Waals surface area contributed by atoms with Gasteiger partial charge in [0.15, 0.2) is 0 Å². The molecule has 0 aliphatic heterocycles. The van der Waals surface area contributed by atoms with Gasteiger partial charge in [-0.25, -0.2) is 4.79 Å². The molecule has 0 unspecified atom stereocenters. The SMILES string of the molecule is CC#CSc1cn(C)c(=O)n(C)c1=O. The van der Waals surface area contributed by atoms with Gasteiger partial charge in [0, 0.05) is 20.3 Å². The van der Waals surface area contributed by atoms with Crippen LogP contribution < -0.4 is 11.2 Å². The Balaban J connectivity index is 3.38. The molecule has 1 rings (SSSR count). The lowest BCUT2D eigenvalue weighted by atomic mass is 10.6. The third kappa shape index (κ3) is 1.91. The van der Waals surface area contributed by atoms with Crippen LogP contribution in [-0.4, -0.2) is 9.13 Å². The van der Waals surface area contributed by atoms with Crippen molar-refractivity contribution in [2.75, 3.05) is 0 Å². The number of hydrogen-bond donors (Lipinski definition) is 0. The summed E-state index contributed by atoms with van der Waals surface area (Å²) in [6, 6.07) is 0. The highest BCUT2D eigenvalue weighted by atomic mass is 32.2. The van der Waals surface area contributed by atoms with E-state index in [1.807, 2.05) is 0 Å². The number of rotatable bonds is 1. The summed E-state index contributed by atoms with van der Waals surface area (Å²) in [4.78, 5) is 23.3. The van der Waals surface area contributed by atoms with Gasteiger partial charge < -0.3 is 4.57 Å². The molecule has 0 fully saturated rings. The lowest BCUT2D eigenvalue weighted by molar-refractivity contribution is 0.662. The topological polar surface area (TPSA) is 44.0 Å². The molecule has 1 heterocycles. The monoisotopic (exact) mass is 210 g/mol. The van der Waals surface area contributed by atoms with E-state index >= 15 is 0 Å². The molecule has 5 heteroatoms. The number of aryl methyl sites for hydroxylation is 1. The predicted octanol–water partition coefficient (Wildman–Crippen LogP) is 0.157. The molecular formula is C9H10N2O2S. The molecule has 0 saturated carbocycles. The van der Waals surface area contributed by atoms with Crippen LogP contribution >= 0.6 is 11.8 Å². The zero-order valence-electron chi connectivity index (χ0n) is 8.20. The Morgan fingerprint density at radius 1 is 1.36 bits per heavy atom. The van der Waals surface area contributed by atoms with Crippen molar-refractivity contribution in [2.45, 2.75) is 11.8 Å². The zero-order valence-corrected chi connectivity index (χ0v) is 9.01. The van der Waals surface area contributed by atoms with Crippen molar-refractivity contribution >= 4 is 11.8 Å². The fourth-order valence-corrected chi connectivity index (χ4v) is 1.60. The molecule has 14 heavy (non-hydrogen) atoms. The normalized spacial score (nSPS) is 9.36. The van der Waals surface area contributed by atoms with Crippen molar-refractivity contribution < 1.29 is 0 Å². The minimum atomic E-state index is -0.330. The van der Waals surface area contributed by atoms with E-state index in [9.17, 15) is 9.59 Å². The van der Waals surface area contributed by atoms with Gasteiger partial charge in [-0.2, -0.15) is 0 Å². The smallest absolute Gasteiger partial charge is 0.302 e. The number of hydrogen-bond acceptors (Lipinski definition) is 3. The zero-order chi connectivity index (χ0) is 10.7. The standard InChI is InChI=1S/C9H10N2O2S/c1-4-5-14-7-6-10(2)9(13)11(3)8(7)12/h6H,1-3H3. The lowest BCUT2D eigenvalue weighted by Crippen LogP contribution is -2.37. The molecule has 4 nitrogen and oxygen atoms in total. The highest BCUT2D eigenvalue weighted by molar-refractivity contribution is 8.03. The van der Waals surface area contributed by atoms with E-state index in [4.69, 9.17) is 0 Å². The molecule has 0 aliphatic carbocycles. The Bertz CT molecular complexity index is 516. The lowest BCUT2D eigenvalue weighted by Gasteiger charge is -2.02. The molecule has 0 spiro atoms. The van der Waals surface area contributed by atoms with Crippen molar-refractivity contribution in [3.05, 3.63) is 27.0 Å². The predicted molar refractivity (Wildman–Crippen MR) is 56.2 cm³/mol. The van der Waals surface area contributed by atoms with E-state index in [-0.39, 0.29) is 11.2 Å². The molecular weight excluding hydrogens is 200 g/mol. The molecule has 0 bridgehead atoms. The van der Waals surface area contributed by atoms with Crippen LogP contribution in [-0.2, 0) is 14.1 Å². The Morgan fingerprint density at radius 2 is 2.00 bits per heavy atom. The van der Waals surface area contributed by atoms with Gasteiger partial charge in [-0.3, -0.25) is 9.36 Å². The van der Waals surface area contributed by atoms with E-state index < -0.39 is 0 Å². The summed E-state index contributed by atoms with van der Waals surface area (Å²) < 4.78 is 2.43. The Kier molecular flexibility index (Phi) is 3.20. The van der Waals surface area contributed by atoms with Crippen molar-refractivity contribution in [1.82, 2.24) is 9.13 Å². The van der Waals surface area contributed by atoms with E-state index in [0.29, 0.717) is 4.90 Å². The molecule has 74 valence electrons. The fraction of sp³-hybridized carbons (Fsp3) is 0.333. The molecule has 0 amide bonds. The van der Waals surface area contributed by atoms with Crippen LogP contribution in [0.15, 0.2) is 20.7 Å². The third-order valence-corrected chi connectivity index (χ3v) is 2.48. The fourth-order valence-electron chi connectivity index (χ4n) is 0.951. The maximum absolute atomic E-state index is 11.5. The second kappa shape index (κ2) is 4.20. The van der Waals surface area contributed by atoms with Gasteiger partial charge in [0.2, 0.25) is 0 Å². The molecule has 0 radical (unpaired) electrons. The summed E-state index contributed by atoms with van der Waals surface area (Å²) in [5.74, 6) is 2.67. The van der Waals surface area contributed by atoms with E-state index in [1.54, 1.807) is 14.0 Å². The Labute approximate surface area is 85.6 Å². The molecule has 0 aromatic carbocycles. The van der Waals surface area contributed by atoms with Crippen LogP contribution in [0.5, 0.6) is 0 Å². The molecule has 0 saturated heterocycles. The van der Waals surface area contributed by atoms with Crippen molar-refractivity contribution in [3.63, 3.8) is 0 Å². The summed E-state index contributed by atoms with van der Waals surface area (Å²) in [5.41, 5.74) is -0.635. The average Bonchev–Trinajstić information content (AvgIpc) is 2.18. The largest absolute Gasteiger partial charge is 0.330 e. The first-order chi connectivity index (χ1) is 6.57. The number of thioether (sulfide) groups is 1. The first kappa shape index (κ1) is 10.7. The first-order valence-corrected chi connectivity index (χ1v) is 4.75. The second-order valence-corrected chi connectivity index (χ2v) is 3.55. The Morgan fingerprint density at radius 3 is 2.57 bits per heavy atom. The van der Waals surface area contributed by atoms with E-state index in [0.717, 1.165) is 16.3 Å². The van der Waals surface area contributed by atoms with E-state index in [2.05, 4.69) is 11.2 Å². The number of nitrogens with zero attached hydrogens (tertiary/aromatic N) is 2. The van der Waals surface area contributed by atoms with Gasteiger partial charge in [0.25, 0.3) is 5.56 Å².